The van der Waals surface area contributed by atoms with Gasteiger partial charge >= 0.3 is 0 Å². The molecule has 0 fully saturated rings. The van der Waals surface area contributed by atoms with Crippen molar-refractivity contribution < 1.29 is 4.52 Å². The Kier molecular flexibility index (Phi) is 3.41. The van der Waals surface area contributed by atoms with Crippen molar-refractivity contribution in [1.82, 2.24) is 10.1 Å². The summed E-state index contributed by atoms with van der Waals surface area (Å²) in [4.78, 5) is 5.04. The fourth-order valence-electron chi connectivity index (χ4n) is 1.92. The number of thiazole rings is 1. The molecule has 3 rings (SSSR count). The lowest BCUT2D eigenvalue weighted by Crippen LogP contribution is -1.90. The van der Waals surface area contributed by atoms with Crippen molar-refractivity contribution in [3.63, 3.8) is 0 Å². The van der Waals surface area contributed by atoms with Crippen LogP contribution in [0.5, 0.6) is 0 Å². The lowest BCUT2D eigenvalue weighted by Gasteiger charge is -2.06. The minimum atomic E-state index is 0.251. The molecule has 0 atom stereocenters. The van der Waals surface area contributed by atoms with E-state index in [0.29, 0.717) is 26.9 Å². The van der Waals surface area contributed by atoms with Gasteiger partial charge in [0.1, 0.15) is 0 Å². The summed E-state index contributed by atoms with van der Waals surface area (Å²) in [6.07, 6.45) is 1.72. The molecule has 0 saturated heterocycles. The van der Waals surface area contributed by atoms with Crippen LogP contribution in [0.4, 0.5) is 5.82 Å². The van der Waals surface area contributed by atoms with Gasteiger partial charge < -0.3 is 10.3 Å². The molecule has 0 saturated carbocycles. The van der Waals surface area contributed by atoms with Gasteiger partial charge in [0.15, 0.2) is 11.6 Å². The molecule has 0 bridgehead atoms. The number of hydrogen-bond donors (Lipinski definition) is 1. The van der Waals surface area contributed by atoms with Gasteiger partial charge in [-0.3, -0.25) is 0 Å². The molecule has 0 radical (unpaired) electrons. The number of nitrogen functional groups attached to an aromatic ring is 1. The van der Waals surface area contributed by atoms with Crippen LogP contribution >= 0.6 is 34.5 Å². The van der Waals surface area contributed by atoms with E-state index in [1.807, 2.05) is 6.92 Å². The monoisotopic (exact) mass is 325 g/mol. The molecule has 0 aliphatic heterocycles. The lowest BCUT2D eigenvalue weighted by atomic mass is 10.1. The Morgan fingerprint density at radius 3 is 2.50 bits per heavy atom. The summed E-state index contributed by atoms with van der Waals surface area (Å²) in [6, 6.07) is 5.27. The molecular weight excluding hydrogens is 317 g/mol. The standard InChI is InChI=1S/C13H9Cl2N3OS/c1-6-17-5-9(20-6)12-11(13(16)18-19-12)10-7(14)3-2-4-8(10)15/h2-5H,1H3,(H2,16,18). The maximum Gasteiger partial charge on any atom is 0.188 e. The van der Waals surface area contributed by atoms with Crippen molar-refractivity contribution in [2.75, 3.05) is 5.73 Å². The quantitative estimate of drug-likeness (QED) is 0.744. The van der Waals surface area contributed by atoms with Crippen LogP contribution in [0.2, 0.25) is 10.0 Å². The van der Waals surface area contributed by atoms with E-state index in [-0.39, 0.29) is 5.82 Å². The Bertz CT molecular complexity index is 762. The molecule has 2 aromatic heterocycles. The Balaban J connectivity index is 2.27. The summed E-state index contributed by atoms with van der Waals surface area (Å²) in [5.41, 5.74) is 7.14. The van der Waals surface area contributed by atoms with Crippen LogP contribution in [-0.2, 0) is 0 Å². The minimum Gasteiger partial charge on any atom is -0.380 e. The van der Waals surface area contributed by atoms with Crippen molar-refractivity contribution in [2.24, 2.45) is 0 Å². The van der Waals surface area contributed by atoms with E-state index in [1.165, 1.54) is 11.3 Å². The predicted octanol–water partition coefficient (Wildman–Crippen LogP) is 4.66. The van der Waals surface area contributed by atoms with Crippen LogP contribution in [0.25, 0.3) is 21.8 Å². The lowest BCUT2D eigenvalue weighted by molar-refractivity contribution is 0.437. The van der Waals surface area contributed by atoms with Gasteiger partial charge in [-0.2, -0.15) is 0 Å². The first kappa shape index (κ1) is 13.4. The van der Waals surface area contributed by atoms with E-state index in [4.69, 9.17) is 33.5 Å². The van der Waals surface area contributed by atoms with Crippen molar-refractivity contribution in [1.29, 1.82) is 0 Å². The fraction of sp³-hybridized carbons (Fsp3) is 0.0769. The minimum absolute atomic E-state index is 0.251. The Hall–Kier alpha value is -1.56. The van der Waals surface area contributed by atoms with Crippen molar-refractivity contribution >= 4 is 40.4 Å². The van der Waals surface area contributed by atoms with Gasteiger partial charge in [-0.1, -0.05) is 34.4 Å². The van der Waals surface area contributed by atoms with Gasteiger partial charge in [0, 0.05) is 11.8 Å². The third-order valence-corrected chi connectivity index (χ3v) is 4.32. The molecule has 0 aliphatic carbocycles. The summed E-state index contributed by atoms with van der Waals surface area (Å²) >= 11 is 14.0. The maximum absolute atomic E-state index is 6.24. The van der Waals surface area contributed by atoms with Crippen LogP contribution in [-0.4, -0.2) is 10.1 Å². The largest absolute Gasteiger partial charge is 0.380 e. The number of hydrogen-bond acceptors (Lipinski definition) is 5. The van der Waals surface area contributed by atoms with E-state index in [2.05, 4.69) is 10.1 Å². The van der Waals surface area contributed by atoms with E-state index in [0.717, 1.165) is 9.88 Å². The molecule has 4 nitrogen and oxygen atoms in total. The third kappa shape index (κ3) is 2.18. The highest BCUT2D eigenvalue weighted by molar-refractivity contribution is 7.15. The highest BCUT2D eigenvalue weighted by Gasteiger charge is 2.23. The molecule has 102 valence electrons. The second-order valence-corrected chi connectivity index (χ2v) is 6.16. The average Bonchev–Trinajstić information content (AvgIpc) is 2.97. The maximum atomic E-state index is 6.24. The number of benzene rings is 1. The van der Waals surface area contributed by atoms with Gasteiger partial charge in [-0.15, -0.1) is 11.3 Å². The predicted molar refractivity (Wildman–Crippen MR) is 82.2 cm³/mol. The summed E-state index contributed by atoms with van der Waals surface area (Å²) in [7, 11) is 0. The third-order valence-electron chi connectivity index (χ3n) is 2.78. The summed E-state index contributed by atoms with van der Waals surface area (Å²) in [6.45, 7) is 1.91. The molecule has 0 amide bonds. The molecule has 20 heavy (non-hydrogen) atoms. The second kappa shape index (κ2) is 5.09. The summed E-state index contributed by atoms with van der Waals surface area (Å²) < 4.78 is 5.34. The SMILES string of the molecule is Cc1ncc(-c2onc(N)c2-c2c(Cl)cccc2Cl)s1. The Labute approximate surface area is 129 Å². The smallest absolute Gasteiger partial charge is 0.188 e. The molecule has 7 heteroatoms. The van der Waals surface area contributed by atoms with Crippen LogP contribution in [0.15, 0.2) is 28.9 Å². The van der Waals surface area contributed by atoms with Gasteiger partial charge in [0.05, 0.1) is 25.5 Å². The summed E-state index contributed by atoms with van der Waals surface area (Å²) in [5.74, 6) is 0.782. The zero-order valence-corrected chi connectivity index (χ0v) is 12.7. The van der Waals surface area contributed by atoms with E-state index >= 15 is 0 Å². The normalized spacial score (nSPS) is 10.9. The first-order valence-electron chi connectivity index (χ1n) is 5.70. The molecule has 1 aromatic carbocycles. The first-order chi connectivity index (χ1) is 9.58. The van der Waals surface area contributed by atoms with Gasteiger partial charge in [0.25, 0.3) is 0 Å². The molecule has 2 N–H and O–H groups in total. The topological polar surface area (TPSA) is 64.9 Å². The van der Waals surface area contributed by atoms with Crippen LogP contribution in [0, 0.1) is 6.92 Å². The number of anilines is 1. The number of aryl methyl sites for hydroxylation is 1. The number of nitrogens with two attached hydrogens (primary N) is 1. The van der Waals surface area contributed by atoms with Gasteiger partial charge in [0.2, 0.25) is 0 Å². The van der Waals surface area contributed by atoms with Crippen molar-refractivity contribution in [2.45, 2.75) is 6.92 Å². The number of aromatic nitrogens is 2. The number of rotatable bonds is 2. The molecular formula is C13H9Cl2N3OS. The molecule has 3 aromatic rings. The highest BCUT2D eigenvalue weighted by Crippen LogP contribution is 2.44. The fourth-order valence-corrected chi connectivity index (χ4v) is 3.26. The van der Waals surface area contributed by atoms with E-state index in [9.17, 15) is 0 Å². The zero-order valence-electron chi connectivity index (χ0n) is 10.4. The first-order valence-corrected chi connectivity index (χ1v) is 7.27. The zero-order chi connectivity index (χ0) is 14.3. The van der Waals surface area contributed by atoms with E-state index in [1.54, 1.807) is 24.4 Å². The number of nitrogens with zero attached hydrogens (tertiary/aromatic N) is 2. The van der Waals surface area contributed by atoms with Gasteiger partial charge in [-0.05, 0) is 19.1 Å². The van der Waals surface area contributed by atoms with Crippen LogP contribution in [0.3, 0.4) is 0 Å². The Morgan fingerprint density at radius 1 is 1.20 bits per heavy atom. The average molecular weight is 326 g/mol. The van der Waals surface area contributed by atoms with Crippen molar-refractivity contribution in [3.8, 4) is 21.8 Å². The Morgan fingerprint density at radius 2 is 1.90 bits per heavy atom. The van der Waals surface area contributed by atoms with Gasteiger partial charge in [-0.25, -0.2) is 4.98 Å². The molecule has 0 unspecified atom stereocenters. The number of halogens is 2. The molecule has 2 heterocycles. The van der Waals surface area contributed by atoms with Crippen LogP contribution in [0.1, 0.15) is 5.01 Å². The highest BCUT2D eigenvalue weighted by atomic mass is 35.5. The molecule has 0 aliphatic rings. The molecule has 0 spiro atoms. The van der Waals surface area contributed by atoms with Crippen molar-refractivity contribution in [3.05, 3.63) is 39.4 Å². The van der Waals surface area contributed by atoms with Crippen LogP contribution < -0.4 is 5.73 Å². The summed E-state index contributed by atoms with van der Waals surface area (Å²) in [5, 5.41) is 5.74. The van der Waals surface area contributed by atoms with E-state index < -0.39 is 0 Å². The second-order valence-electron chi connectivity index (χ2n) is 4.11.